The molecule has 0 atom stereocenters. The van der Waals surface area contributed by atoms with Crippen molar-refractivity contribution in [3.63, 3.8) is 0 Å². The molecule has 0 spiro atoms. The van der Waals surface area contributed by atoms with E-state index in [0.717, 1.165) is 24.0 Å². The number of anilines is 1. The van der Waals surface area contributed by atoms with Crippen molar-refractivity contribution in [3.05, 3.63) is 59.2 Å². The summed E-state index contributed by atoms with van der Waals surface area (Å²) < 4.78 is 0. The summed E-state index contributed by atoms with van der Waals surface area (Å²) in [5.41, 5.74) is 3.41. The second kappa shape index (κ2) is 5.66. The maximum atomic E-state index is 12.8. The second-order valence-electron chi connectivity index (χ2n) is 7.88. The number of carbonyl (C=O) groups excluding carboxylic acids is 1. The molecular formula is C21H25NO2. The minimum Gasteiger partial charge on any atom is -0.506 e. The standard InChI is InChI=1S/C21H25NO2/c1-14-5-10-17(18(23)13-14)22-19(24)21(11-12-21)16-8-6-15(7-9-16)20(2,3)4/h5-10,13,23H,11-12H2,1-4H3,(H,22,24). The molecular weight excluding hydrogens is 298 g/mol. The van der Waals surface area contributed by atoms with E-state index in [9.17, 15) is 9.90 Å². The highest BCUT2D eigenvalue weighted by Gasteiger charge is 2.51. The van der Waals surface area contributed by atoms with Gasteiger partial charge in [-0.05, 0) is 54.0 Å². The zero-order chi connectivity index (χ0) is 17.5. The highest BCUT2D eigenvalue weighted by Crippen LogP contribution is 2.49. The minimum absolute atomic E-state index is 0.0369. The monoisotopic (exact) mass is 323 g/mol. The van der Waals surface area contributed by atoms with Crippen LogP contribution in [0.25, 0.3) is 0 Å². The molecule has 1 amide bonds. The van der Waals surface area contributed by atoms with Crippen molar-refractivity contribution in [2.45, 2.75) is 51.4 Å². The van der Waals surface area contributed by atoms with Crippen LogP contribution in [0.1, 0.15) is 50.3 Å². The fraction of sp³-hybridized carbons (Fsp3) is 0.381. The number of benzene rings is 2. The second-order valence-corrected chi connectivity index (χ2v) is 7.88. The van der Waals surface area contributed by atoms with E-state index in [1.807, 2.05) is 13.0 Å². The summed E-state index contributed by atoms with van der Waals surface area (Å²) in [5.74, 6) is 0.0763. The molecule has 1 fully saturated rings. The number of hydrogen-bond donors (Lipinski definition) is 2. The molecule has 2 aromatic rings. The van der Waals surface area contributed by atoms with Crippen molar-refractivity contribution in [2.75, 3.05) is 5.32 Å². The molecule has 2 aromatic carbocycles. The Morgan fingerprint density at radius 3 is 2.21 bits per heavy atom. The molecule has 1 aliphatic carbocycles. The molecule has 0 aliphatic heterocycles. The van der Waals surface area contributed by atoms with Gasteiger partial charge >= 0.3 is 0 Å². The maximum Gasteiger partial charge on any atom is 0.235 e. The van der Waals surface area contributed by atoms with Crippen molar-refractivity contribution >= 4 is 11.6 Å². The number of phenolic OH excluding ortho intramolecular Hbond substituents is 1. The number of nitrogens with one attached hydrogen (secondary N) is 1. The van der Waals surface area contributed by atoms with Gasteiger partial charge in [0.1, 0.15) is 5.75 Å². The van der Waals surface area contributed by atoms with E-state index in [-0.39, 0.29) is 17.1 Å². The molecule has 0 bridgehead atoms. The molecule has 24 heavy (non-hydrogen) atoms. The smallest absolute Gasteiger partial charge is 0.235 e. The van der Waals surface area contributed by atoms with Gasteiger partial charge in [0, 0.05) is 0 Å². The molecule has 1 aliphatic rings. The Morgan fingerprint density at radius 2 is 1.71 bits per heavy atom. The van der Waals surface area contributed by atoms with Crippen molar-refractivity contribution in [3.8, 4) is 5.75 Å². The molecule has 0 aromatic heterocycles. The highest BCUT2D eigenvalue weighted by atomic mass is 16.3. The van der Waals surface area contributed by atoms with E-state index in [0.29, 0.717) is 5.69 Å². The maximum absolute atomic E-state index is 12.8. The number of rotatable bonds is 3. The number of hydrogen-bond acceptors (Lipinski definition) is 2. The minimum atomic E-state index is -0.451. The average molecular weight is 323 g/mol. The van der Waals surface area contributed by atoms with Crippen LogP contribution < -0.4 is 5.32 Å². The third-order valence-electron chi connectivity index (χ3n) is 4.89. The summed E-state index contributed by atoms with van der Waals surface area (Å²) in [6, 6.07) is 13.7. The largest absolute Gasteiger partial charge is 0.506 e. The van der Waals surface area contributed by atoms with Crippen LogP contribution >= 0.6 is 0 Å². The highest BCUT2D eigenvalue weighted by molar-refractivity contribution is 6.02. The molecule has 0 heterocycles. The number of aryl methyl sites for hydroxylation is 1. The van der Waals surface area contributed by atoms with E-state index in [1.54, 1.807) is 12.1 Å². The Morgan fingerprint density at radius 1 is 1.08 bits per heavy atom. The van der Waals surface area contributed by atoms with Gasteiger partial charge in [0.05, 0.1) is 11.1 Å². The fourth-order valence-corrected chi connectivity index (χ4v) is 3.05. The average Bonchev–Trinajstić information content (AvgIpc) is 3.31. The lowest BCUT2D eigenvalue weighted by atomic mass is 9.85. The van der Waals surface area contributed by atoms with Gasteiger partial charge in [-0.2, -0.15) is 0 Å². The SMILES string of the molecule is Cc1ccc(NC(=O)C2(c3ccc(C(C)(C)C)cc3)CC2)c(O)c1. The van der Waals surface area contributed by atoms with E-state index >= 15 is 0 Å². The van der Waals surface area contributed by atoms with E-state index in [2.05, 4.69) is 50.4 Å². The predicted octanol–water partition coefficient (Wildman–Crippen LogP) is 4.67. The zero-order valence-corrected chi connectivity index (χ0v) is 14.8. The first-order valence-electron chi connectivity index (χ1n) is 8.44. The molecule has 0 radical (unpaired) electrons. The van der Waals surface area contributed by atoms with E-state index in [4.69, 9.17) is 0 Å². The van der Waals surface area contributed by atoms with Crippen LogP contribution in [-0.2, 0) is 15.6 Å². The molecule has 0 saturated heterocycles. The molecule has 3 nitrogen and oxygen atoms in total. The topological polar surface area (TPSA) is 49.3 Å². The van der Waals surface area contributed by atoms with Crippen LogP contribution in [0.5, 0.6) is 5.75 Å². The Kier molecular flexibility index (Phi) is 3.90. The Balaban J connectivity index is 1.81. The van der Waals surface area contributed by atoms with Crippen LogP contribution in [-0.4, -0.2) is 11.0 Å². The van der Waals surface area contributed by atoms with Crippen molar-refractivity contribution < 1.29 is 9.90 Å². The number of amides is 1. The summed E-state index contributed by atoms with van der Waals surface area (Å²) in [4.78, 5) is 12.8. The van der Waals surface area contributed by atoms with Gasteiger partial charge in [-0.3, -0.25) is 4.79 Å². The third-order valence-corrected chi connectivity index (χ3v) is 4.89. The molecule has 126 valence electrons. The van der Waals surface area contributed by atoms with Gasteiger partial charge in [-0.25, -0.2) is 0 Å². The number of phenols is 1. The van der Waals surface area contributed by atoms with Crippen LogP contribution in [0.3, 0.4) is 0 Å². The van der Waals surface area contributed by atoms with Crippen LogP contribution in [0.2, 0.25) is 0 Å². The Labute approximate surface area is 143 Å². The van der Waals surface area contributed by atoms with Crippen molar-refractivity contribution in [2.24, 2.45) is 0 Å². The quantitative estimate of drug-likeness (QED) is 0.807. The van der Waals surface area contributed by atoms with Crippen LogP contribution in [0.15, 0.2) is 42.5 Å². The zero-order valence-electron chi connectivity index (χ0n) is 14.8. The summed E-state index contributed by atoms with van der Waals surface area (Å²) in [5, 5.41) is 12.9. The summed E-state index contributed by atoms with van der Waals surface area (Å²) in [7, 11) is 0. The summed E-state index contributed by atoms with van der Waals surface area (Å²) in [6.07, 6.45) is 1.70. The fourth-order valence-electron chi connectivity index (χ4n) is 3.05. The summed E-state index contributed by atoms with van der Waals surface area (Å²) >= 11 is 0. The first kappa shape index (κ1) is 16.6. The van der Waals surface area contributed by atoms with E-state index < -0.39 is 5.41 Å². The number of aromatic hydroxyl groups is 1. The predicted molar refractivity (Wildman–Crippen MR) is 97.5 cm³/mol. The van der Waals surface area contributed by atoms with Gasteiger partial charge in [-0.15, -0.1) is 0 Å². The van der Waals surface area contributed by atoms with Crippen molar-refractivity contribution in [1.29, 1.82) is 0 Å². The third kappa shape index (κ3) is 3.03. The van der Waals surface area contributed by atoms with Gasteiger partial charge in [0.25, 0.3) is 0 Å². The Bertz CT molecular complexity index is 765. The first-order valence-corrected chi connectivity index (χ1v) is 8.44. The number of carbonyl (C=O) groups is 1. The lowest BCUT2D eigenvalue weighted by Gasteiger charge is -2.21. The Hall–Kier alpha value is -2.29. The summed E-state index contributed by atoms with van der Waals surface area (Å²) in [6.45, 7) is 8.45. The van der Waals surface area contributed by atoms with Gasteiger partial charge in [0.2, 0.25) is 5.91 Å². The lowest BCUT2D eigenvalue weighted by molar-refractivity contribution is -0.118. The lowest BCUT2D eigenvalue weighted by Crippen LogP contribution is -2.28. The molecule has 3 rings (SSSR count). The van der Waals surface area contributed by atoms with Crippen LogP contribution in [0, 0.1) is 6.92 Å². The molecule has 3 heteroatoms. The molecule has 2 N–H and O–H groups in total. The van der Waals surface area contributed by atoms with Gasteiger partial charge in [-0.1, -0.05) is 51.1 Å². The normalized spacial score (nSPS) is 15.8. The molecule has 0 unspecified atom stereocenters. The van der Waals surface area contributed by atoms with Gasteiger partial charge < -0.3 is 10.4 Å². The molecule has 1 saturated carbocycles. The van der Waals surface area contributed by atoms with E-state index in [1.165, 1.54) is 5.56 Å². The van der Waals surface area contributed by atoms with Crippen LogP contribution in [0.4, 0.5) is 5.69 Å². The van der Waals surface area contributed by atoms with Crippen molar-refractivity contribution in [1.82, 2.24) is 0 Å². The first-order chi connectivity index (χ1) is 11.2. The van der Waals surface area contributed by atoms with Gasteiger partial charge in [0.15, 0.2) is 0 Å².